The molecule has 4 rings (SSSR count). The fourth-order valence-corrected chi connectivity index (χ4v) is 4.14. The molecule has 196 valence electrons. The van der Waals surface area contributed by atoms with E-state index in [-0.39, 0.29) is 23.8 Å². The first kappa shape index (κ1) is 26.3. The number of amides is 2. The number of nitriles is 1. The van der Waals surface area contributed by atoms with E-state index in [2.05, 4.69) is 55.1 Å². The third-order valence-electron chi connectivity index (χ3n) is 6.28. The molecule has 3 heterocycles. The van der Waals surface area contributed by atoms with Gasteiger partial charge in [0.05, 0.1) is 35.0 Å². The number of primary amides is 1. The quantitative estimate of drug-likeness (QED) is 0.344. The number of aromatic nitrogens is 4. The number of rotatable bonds is 10. The van der Waals surface area contributed by atoms with E-state index in [4.69, 9.17) is 5.73 Å². The van der Waals surface area contributed by atoms with Crippen molar-refractivity contribution in [2.24, 2.45) is 5.73 Å². The molecule has 0 bridgehead atoms. The average Bonchev–Trinajstić information content (AvgIpc) is 3.42. The molecule has 3 aromatic rings. The van der Waals surface area contributed by atoms with Gasteiger partial charge < -0.3 is 26.2 Å². The number of likely N-dealkylation sites (N-methyl/N-ethyl adjacent to an activating group) is 1. The Balaban J connectivity index is 1.60. The number of carbonyl (C=O) groups is 2. The van der Waals surface area contributed by atoms with E-state index in [9.17, 15) is 14.9 Å². The van der Waals surface area contributed by atoms with Crippen molar-refractivity contribution in [3.05, 3.63) is 55.0 Å². The molecule has 0 unspecified atom stereocenters. The minimum Gasteiger partial charge on any atom is -0.370 e. The zero-order chi connectivity index (χ0) is 27.1. The fraction of sp³-hybridized carbons (Fsp3) is 0.308. The lowest BCUT2D eigenvalue weighted by molar-refractivity contribution is -0.118. The molecule has 1 aromatic carbocycles. The van der Waals surface area contributed by atoms with Crippen LogP contribution in [0.2, 0.25) is 0 Å². The van der Waals surface area contributed by atoms with E-state index >= 15 is 0 Å². The summed E-state index contributed by atoms with van der Waals surface area (Å²) < 4.78 is 1.57. The molecule has 4 N–H and O–H groups in total. The lowest BCUT2D eigenvalue weighted by atomic mass is 10.1. The van der Waals surface area contributed by atoms with Gasteiger partial charge in [-0.2, -0.15) is 10.4 Å². The van der Waals surface area contributed by atoms with Gasteiger partial charge in [-0.25, -0.2) is 9.97 Å². The predicted octanol–water partition coefficient (Wildman–Crippen LogP) is 2.10. The Morgan fingerprint density at radius 3 is 2.68 bits per heavy atom. The Bertz CT molecular complexity index is 1370. The Hall–Kier alpha value is -4.76. The zero-order valence-electron chi connectivity index (χ0n) is 21.2. The van der Waals surface area contributed by atoms with Crippen LogP contribution in [-0.2, 0) is 16.1 Å². The van der Waals surface area contributed by atoms with Gasteiger partial charge in [0.2, 0.25) is 17.8 Å². The van der Waals surface area contributed by atoms with Gasteiger partial charge in [0.1, 0.15) is 6.07 Å². The lowest BCUT2D eigenvalue weighted by Crippen LogP contribution is -2.46. The molecular formula is C26H30N10O2. The van der Waals surface area contributed by atoms with Gasteiger partial charge in [-0.15, -0.1) is 0 Å². The number of anilines is 4. The van der Waals surface area contributed by atoms with Crippen LogP contribution in [0.25, 0.3) is 11.3 Å². The van der Waals surface area contributed by atoms with E-state index < -0.39 is 5.91 Å². The highest BCUT2D eigenvalue weighted by Gasteiger charge is 2.18. The highest BCUT2D eigenvalue weighted by molar-refractivity contribution is 6.02. The maximum absolute atomic E-state index is 12.2. The number of nitrogens with one attached hydrogen (secondary N) is 2. The molecule has 2 aromatic heterocycles. The number of benzene rings is 1. The Kier molecular flexibility index (Phi) is 8.30. The second-order valence-corrected chi connectivity index (χ2v) is 8.75. The Morgan fingerprint density at radius 2 is 2.00 bits per heavy atom. The van der Waals surface area contributed by atoms with Gasteiger partial charge in [0, 0.05) is 56.6 Å². The summed E-state index contributed by atoms with van der Waals surface area (Å²) in [4.78, 5) is 36.8. The maximum atomic E-state index is 12.2. The molecule has 2 amide bonds. The molecular weight excluding hydrogens is 484 g/mol. The third-order valence-corrected chi connectivity index (χ3v) is 6.28. The highest BCUT2D eigenvalue weighted by Crippen LogP contribution is 2.31. The van der Waals surface area contributed by atoms with E-state index in [1.54, 1.807) is 17.1 Å². The van der Waals surface area contributed by atoms with Crippen molar-refractivity contribution in [3.8, 4) is 17.3 Å². The monoisotopic (exact) mass is 514 g/mol. The first-order valence-electron chi connectivity index (χ1n) is 12.3. The predicted molar refractivity (Wildman–Crippen MR) is 145 cm³/mol. The summed E-state index contributed by atoms with van der Waals surface area (Å²) in [6.45, 7) is 10.8. The summed E-state index contributed by atoms with van der Waals surface area (Å²) in [6.07, 6.45) is 6.04. The van der Waals surface area contributed by atoms with Crippen molar-refractivity contribution < 1.29 is 9.59 Å². The standard InChI is InChI=1S/C26H30N10O2/c1-3-24(38)31-22-13-20(35-11-9-34(4-2)10-12-35)5-6-21(22)32-26-29-15-18(14-27)25(33-26)19-16-30-36(17-19)8-7-23(28)37/h3,5-6,13,15-17H,1,4,7-12H2,2H3,(H2,28,37)(H,31,38)(H,29,32,33). The molecule has 1 saturated heterocycles. The first-order valence-corrected chi connectivity index (χ1v) is 12.3. The van der Waals surface area contributed by atoms with Crippen molar-refractivity contribution in [2.75, 3.05) is 48.3 Å². The smallest absolute Gasteiger partial charge is 0.247 e. The fourth-order valence-electron chi connectivity index (χ4n) is 4.14. The van der Waals surface area contributed by atoms with Crippen LogP contribution in [0.15, 0.2) is 49.4 Å². The van der Waals surface area contributed by atoms with Crippen molar-refractivity contribution in [2.45, 2.75) is 19.9 Å². The summed E-state index contributed by atoms with van der Waals surface area (Å²) in [6, 6.07) is 7.87. The molecule has 38 heavy (non-hydrogen) atoms. The van der Waals surface area contributed by atoms with Crippen LogP contribution in [-0.4, -0.2) is 69.2 Å². The molecule has 0 radical (unpaired) electrons. The van der Waals surface area contributed by atoms with E-state index in [0.29, 0.717) is 29.2 Å². The van der Waals surface area contributed by atoms with Crippen LogP contribution in [0.4, 0.5) is 23.0 Å². The van der Waals surface area contributed by atoms with Crippen molar-refractivity contribution >= 4 is 34.8 Å². The van der Waals surface area contributed by atoms with E-state index in [0.717, 1.165) is 38.4 Å². The largest absolute Gasteiger partial charge is 0.370 e. The Labute approximate surface area is 220 Å². The maximum Gasteiger partial charge on any atom is 0.247 e. The van der Waals surface area contributed by atoms with Gasteiger partial charge in [-0.1, -0.05) is 13.5 Å². The van der Waals surface area contributed by atoms with E-state index in [1.165, 1.54) is 12.3 Å². The summed E-state index contributed by atoms with van der Waals surface area (Å²) in [7, 11) is 0. The molecule has 1 aliphatic rings. The molecule has 0 spiro atoms. The van der Waals surface area contributed by atoms with Crippen LogP contribution < -0.4 is 21.3 Å². The molecule has 0 atom stereocenters. The number of carbonyl (C=O) groups excluding carboxylic acids is 2. The van der Waals surface area contributed by atoms with Crippen molar-refractivity contribution in [3.63, 3.8) is 0 Å². The van der Waals surface area contributed by atoms with Crippen LogP contribution >= 0.6 is 0 Å². The van der Waals surface area contributed by atoms with Gasteiger partial charge in [0.15, 0.2) is 0 Å². The van der Waals surface area contributed by atoms with E-state index in [1.807, 2.05) is 18.2 Å². The first-order chi connectivity index (χ1) is 18.4. The number of hydrogen-bond acceptors (Lipinski definition) is 9. The van der Waals surface area contributed by atoms with Crippen LogP contribution in [0, 0.1) is 11.3 Å². The molecule has 1 fully saturated rings. The molecule has 12 heteroatoms. The Morgan fingerprint density at radius 1 is 1.21 bits per heavy atom. The molecule has 0 aliphatic carbocycles. The average molecular weight is 515 g/mol. The number of nitrogens with two attached hydrogens (primary N) is 1. The lowest BCUT2D eigenvalue weighted by Gasteiger charge is -2.35. The SMILES string of the molecule is C=CC(=O)Nc1cc(N2CCN(CC)CC2)ccc1Nc1ncc(C#N)c(-c2cnn(CCC(N)=O)c2)n1. The van der Waals surface area contributed by atoms with Crippen LogP contribution in [0.5, 0.6) is 0 Å². The minimum absolute atomic E-state index is 0.145. The normalized spacial score (nSPS) is 13.5. The highest BCUT2D eigenvalue weighted by atomic mass is 16.1. The summed E-state index contributed by atoms with van der Waals surface area (Å²) >= 11 is 0. The van der Waals surface area contributed by atoms with Gasteiger partial charge >= 0.3 is 0 Å². The number of piperazine rings is 1. The van der Waals surface area contributed by atoms with Crippen LogP contribution in [0.1, 0.15) is 18.9 Å². The van der Waals surface area contributed by atoms with Crippen molar-refractivity contribution in [1.82, 2.24) is 24.6 Å². The third kappa shape index (κ3) is 6.32. The minimum atomic E-state index is -0.429. The topological polar surface area (TPSA) is 158 Å². The number of nitrogens with zero attached hydrogens (tertiary/aromatic N) is 7. The molecule has 1 aliphatic heterocycles. The molecule has 12 nitrogen and oxygen atoms in total. The summed E-state index contributed by atoms with van der Waals surface area (Å²) in [5.41, 5.74) is 8.61. The number of aryl methyl sites for hydroxylation is 1. The van der Waals surface area contributed by atoms with Crippen molar-refractivity contribution in [1.29, 1.82) is 5.26 Å². The van der Waals surface area contributed by atoms with Crippen LogP contribution in [0.3, 0.4) is 0 Å². The summed E-state index contributed by atoms with van der Waals surface area (Å²) in [5, 5.41) is 19.8. The van der Waals surface area contributed by atoms with Gasteiger partial charge in [-0.3, -0.25) is 14.3 Å². The number of hydrogen-bond donors (Lipinski definition) is 3. The van der Waals surface area contributed by atoms with Gasteiger partial charge in [-0.05, 0) is 30.8 Å². The second kappa shape index (κ2) is 12.0. The molecule has 0 saturated carbocycles. The summed E-state index contributed by atoms with van der Waals surface area (Å²) in [5.74, 6) is -0.532. The van der Waals surface area contributed by atoms with Gasteiger partial charge in [0.25, 0.3) is 0 Å². The second-order valence-electron chi connectivity index (χ2n) is 8.75. The zero-order valence-corrected chi connectivity index (χ0v) is 21.2.